The molecule has 7 nitrogen and oxygen atoms in total. The van der Waals surface area contributed by atoms with E-state index in [2.05, 4.69) is 15.1 Å². The molecule has 0 radical (unpaired) electrons. The first-order valence-corrected chi connectivity index (χ1v) is 11.0. The van der Waals surface area contributed by atoms with Gasteiger partial charge in [-0.15, -0.1) is 0 Å². The minimum atomic E-state index is 0.00227. The van der Waals surface area contributed by atoms with Crippen LogP contribution in [0.15, 0.2) is 42.5 Å². The fraction of sp³-hybridized carbons (Fsp3) is 0.440. The predicted molar refractivity (Wildman–Crippen MR) is 127 cm³/mol. The summed E-state index contributed by atoms with van der Waals surface area (Å²) in [5, 5.41) is 3.02. The molecule has 32 heavy (non-hydrogen) atoms. The molecule has 1 fully saturated rings. The van der Waals surface area contributed by atoms with Gasteiger partial charge in [0.25, 0.3) is 0 Å². The van der Waals surface area contributed by atoms with Crippen LogP contribution in [0.3, 0.4) is 0 Å². The number of nitrogens with zero attached hydrogens (tertiary/aromatic N) is 3. The molecule has 1 N–H and O–H groups in total. The van der Waals surface area contributed by atoms with Gasteiger partial charge in [-0.3, -0.25) is 19.4 Å². The van der Waals surface area contributed by atoms with E-state index in [1.807, 2.05) is 63.4 Å². The Morgan fingerprint density at radius 2 is 1.59 bits per heavy atom. The maximum Gasteiger partial charge on any atom is 0.238 e. The number of anilines is 1. The van der Waals surface area contributed by atoms with E-state index in [0.717, 1.165) is 54.3 Å². The molecule has 172 valence electrons. The van der Waals surface area contributed by atoms with Gasteiger partial charge in [-0.1, -0.05) is 24.3 Å². The Kier molecular flexibility index (Phi) is 8.25. The highest BCUT2D eigenvalue weighted by molar-refractivity contribution is 5.93. The molecule has 0 atom stereocenters. The minimum absolute atomic E-state index is 0.00227. The maximum absolute atomic E-state index is 12.6. The smallest absolute Gasteiger partial charge is 0.238 e. The molecule has 0 saturated carbocycles. The lowest BCUT2D eigenvalue weighted by atomic mass is 10.1. The van der Waals surface area contributed by atoms with Gasteiger partial charge in [-0.25, -0.2) is 0 Å². The summed E-state index contributed by atoms with van der Waals surface area (Å²) in [7, 11) is 3.47. The van der Waals surface area contributed by atoms with Gasteiger partial charge in [0, 0.05) is 45.5 Å². The topological polar surface area (TPSA) is 65.1 Å². The van der Waals surface area contributed by atoms with Gasteiger partial charge in [0.15, 0.2) is 0 Å². The minimum Gasteiger partial charge on any atom is -0.497 e. The zero-order valence-electron chi connectivity index (χ0n) is 19.6. The number of carbonyl (C=O) groups is 2. The third kappa shape index (κ3) is 6.55. The average Bonchev–Trinajstić information content (AvgIpc) is 2.78. The van der Waals surface area contributed by atoms with Crippen molar-refractivity contribution < 1.29 is 14.3 Å². The summed E-state index contributed by atoms with van der Waals surface area (Å²) in [4.78, 5) is 31.2. The quantitative estimate of drug-likeness (QED) is 0.686. The Labute approximate surface area is 190 Å². The van der Waals surface area contributed by atoms with E-state index in [9.17, 15) is 9.59 Å². The summed E-state index contributed by atoms with van der Waals surface area (Å²) in [6, 6.07) is 13.7. The van der Waals surface area contributed by atoms with Crippen LogP contribution in [0.2, 0.25) is 0 Å². The molecular weight excluding hydrogens is 404 g/mol. The van der Waals surface area contributed by atoms with Crippen molar-refractivity contribution in [3.05, 3.63) is 59.2 Å². The van der Waals surface area contributed by atoms with Crippen molar-refractivity contribution >= 4 is 17.5 Å². The Morgan fingerprint density at radius 1 is 0.969 bits per heavy atom. The molecule has 1 saturated heterocycles. The van der Waals surface area contributed by atoms with Gasteiger partial charge in [0.1, 0.15) is 5.75 Å². The number of piperazine rings is 1. The highest BCUT2D eigenvalue weighted by Crippen LogP contribution is 2.18. The van der Waals surface area contributed by atoms with Gasteiger partial charge in [-0.2, -0.15) is 0 Å². The van der Waals surface area contributed by atoms with Crippen LogP contribution in [-0.4, -0.2) is 79.9 Å². The number of ether oxygens (including phenoxy) is 1. The van der Waals surface area contributed by atoms with Crippen LogP contribution in [0.25, 0.3) is 0 Å². The number of rotatable bonds is 8. The van der Waals surface area contributed by atoms with Crippen LogP contribution in [0.4, 0.5) is 5.69 Å². The Hall–Kier alpha value is -2.90. The molecule has 0 bridgehead atoms. The zero-order chi connectivity index (χ0) is 23.1. The summed E-state index contributed by atoms with van der Waals surface area (Å²) in [5.74, 6) is 0.910. The third-order valence-corrected chi connectivity index (χ3v) is 6.07. The standard InChI is InChI=1S/C25H34N4O3/c1-19-6-5-7-23(20(19)2)26-24(30)17-28-12-14-29(15-13-28)18-25(31)27(3)16-21-8-10-22(32-4)11-9-21/h5-11H,12-18H2,1-4H3,(H,26,30). The summed E-state index contributed by atoms with van der Waals surface area (Å²) in [6.07, 6.45) is 0. The largest absolute Gasteiger partial charge is 0.497 e. The van der Waals surface area contributed by atoms with Crippen LogP contribution >= 0.6 is 0 Å². The Morgan fingerprint density at radius 3 is 2.22 bits per heavy atom. The van der Waals surface area contributed by atoms with Crippen molar-refractivity contribution in [2.24, 2.45) is 0 Å². The molecule has 2 aromatic rings. The molecule has 0 aliphatic carbocycles. The first-order valence-electron chi connectivity index (χ1n) is 11.0. The molecule has 0 spiro atoms. The van der Waals surface area contributed by atoms with Gasteiger partial charge in [0.05, 0.1) is 20.2 Å². The summed E-state index contributed by atoms with van der Waals surface area (Å²) < 4.78 is 5.18. The second-order valence-electron chi connectivity index (χ2n) is 8.45. The average molecular weight is 439 g/mol. The fourth-order valence-electron chi connectivity index (χ4n) is 3.79. The molecule has 1 heterocycles. The third-order valence-electron chi connectivity index (χ3n) is 6.07. The SMILES string of the molecule is COc1ccc(CN(C)C(=O)CN2CCN(CC(=O)Nc3cccc(C)c3C)CC2)cc1. The number of benzene rings is 2. The maximum atomic E-state index is 12.6. The van der Waals surface area contributed by atoms with Gasteiger partial charge < -0.3 is 15.0 Å². The summed E-state index contributed by atoms with van der Waals surface area (Å²) in [5.41, 5.74) is 4.21. The Balaban J connectivity index is 1.40. The number of likely N-dealkylation sites (N-methyl/N-ethyl adjacent to an activating group) is 1. The number of amides is 2. The molecule has 1 aliphatic rings. The number of aryl methyl sites for hydroxylation is 1. The highest BCUT2D eigenvalue weighted by atomic mass is 16.5. The summed E-state index contributed by atoms with van der Waals surface area (Å²) in [6.45, 7) is 8.50. The zero-order valence-corrected chi connectivity index (χ0v) is 19.6. The van der Waals surface area contributed by atoms with Crippen molar-refractivity contribution in [2.75, 3.05) is 58.7 Å². The van der Waals surface area contributed by atoms with Gasteiger partial charge >= 0.3 is 0 Å². The van der Waals surface area contributed by atoms with Crippen molar-refractivity contribution in [1.82, 2.24) is 14.7 Å². The lowest BCUT2D eigenvalue weighted by Crippen LogP contribution is -2.51. The lowest BCUT2D eigenvalue weighted by Gasteiger charge is -2.34. The van der Waals surface area contributed by atoms with Gasteiger partial charge in [0.2, 0.25) is 11.8 Å². The number of methoxy groups -OCH3 is 1. The molecular formula is C25H34N4O3. The molecule has 0 unspecified atom stereocenters. The monoisotopic (exact) mass is 438 g/mol. The number of hydrogen-bond donors (Lipinski definition) is 1. The van der Waals surface area contributed by atoms with Crippen molar-refractivity contribution in [1.29, 1.82) is 0 Å². The van der Waals surface area contributed by atoms with E-state index in [0.29, 0.717) is 19.6 Å². The Bertz CT molecular complexity index is 921. The highest BCUT2D eigenvalue weighted by Gasteiger charge is 2.22. The van der Waals surface area contributed by atoms with E-state index in [1.54, 1.807) is 12.0 Å². The van der Waals surface area contributed by atoms with E-state index < -0.39 is 0 Å². The molecule has 2 amide bonds. The van der Waals surface area contributed by atoms with Crippen LogP contribution < -0.4 is 10.1 Å². The number of hydrogen-bond acceptors (Lipinski definition) is 5. The normalized spacial score (nSPS) is 14.8. The number of carbonyl (C=O) groups excluding carboxylic acids is 2. The fourth-order valence-corrected chi connectivity index (χ4v) is 3.79. The van der Waals surface area contributed by atoms with E-state index in [1.165, 1.54) is 0 Å². The predicted octanol–water partition coefficient (Wildman–Crippen LogP) is 2.53. The molecule has 3 rings (SSSR count). The molecule has 2 aromatic carbocycles. The van der Waals surface area contributed by atoms with Crippen LogP contribution in [-0.2, 0) is 16.1 Å². The first kappa shape index (κ1) is 23.8. The molecule has 7 heteroatoms. The van der Waals surface area contributed by atoms with Crippen LogP contribution in [0.5, 0.6) is 5.75 Å². The van der Waals surface area contributed by atoms with E-state index in [-0.39, 0.29) is 11.8 Å². The van der Waals surface area contributed by atoms with Crippen molar-refractivity contribution in [3.8, 4) is 5.75 Å². The number of nitrogens with one attached hydrogen (secondary N) is 1. The van der Waals surface area contributed by atoms with Gasteiger partial charge in [-0.05, 0) is 48.7 Å². The second-order valence-corrected chi connectivity index (χ2v) is 8.45. The second kappa shape index (κ2) is 11.1. The van der Waals surface area contributed by atoms with Crippen LogP contribution in [0.1, 0.15) is 16.7 Å². The van der Waals surface area contributed by atoms with Crippen LogP contribution in [0, 0.1) is 13.8 Å². The van der Waals surface area contributed by atoms with Crippen molar-refractivity contribution in [3.63, 3.8) is 0 Å². The molecule has 1 aliphatic heterocycles. The van der Waals surface area contributed by atoms with Crippen molar-refractivity contribution in [2.45, 2.75) is 20.4 Å². The molecule has 0 aromatic heterocycles. The lowest BCUT2D eigenvalue weighted by molar-refractivity contribution is -0.132. The van der Waals surface area contributed by atoms with E-state index in [4.69, 9.17) is 4.74 Å². The first-order chi connectivity index (χ1) is 15.4. The van der Waals surface area contributed by atoms with E-state index >= 15 is 0 Å². The summed E-state index contributed by atoms with van der Waals surface area (Å²) >= 11 is 0.